The van der Waals surface area contributed by atoms with Crippen LogP contribution in [-0.2, 0) is 8.85 Å². The molecule has 2 aromatic carbocycles. The number of anilines is 1. The van der Waals surface area contributed by atoms with Gasteiger partial charge in [0.25, 0.3) is 0 Å². The Morgan fingerprint density at radius 2 is 1.52 bits per heavy atom. The molecule has 1 atom stereocenters. The summed E-state index contributed by atoms with van der Waals surface area (Å²) in [6.45, 7) is 15.2. The Labute approximate surface area is 167 Å². The van der Waals surface area contributed by atoms with Crippen LogP contribution in [0.1, 0.15) is 20.8 Å². The molecule has 1 saturated heterocycles. The summed E-state index contributed by atoms with van der Waals surface area (Å²) in [6, 6.07) is 19.9. The highest BCUT2D eigenvalue weighted by atomic mass is 28.4. The summed E-state index contributed by atoms with van der Waals surface area (Å²) in [5.41, 5.74) is 1.29. The molecule has 3 nitrogen and oxygen atoms in total. The van der Waals surface area contributed by atoms with Gasteiger partial charge in [-0.2, -0.15) is 0 Å². The lowest BCUT2D eigenvalue weighted by Gasteiger charge is -2.37. The summed E-state index contributed by atoms with van der Waals surface area (Å²) in [5, 5.41) is 2.94. The highest BCUT2D eigenvalue weighted by molar-refractivity contribution is 6.91. The van der Waals surface area contributed by atoms with Crippen LogP contribution in [0.5, 0.6) is 0 Å². The molecule has 146 valence electrons. The van der Waals surface area contributed by atoms with E-state index in [2.05, 4.69) is 93.4 Å². The predicted molar refractivity (Wildman–Crippen MR) is 121 cm³/mol. The molecular formula is C22H33NO2Si2. The van der Waals surface area contributed by atoms with Gasteiger partial charge in [0.05, 0.1) is 13.2 Å². The highest BCUT2D eigenvalue weighted by Gasteiger charge is 2.37. The standard InChI is InChI=1S/C22H33NO2Si2/c1-22(2,3)26(25-27(4,5)21-9-7-6-8-10-21)20-13-11-19(12-14-20)23-15-17-24-18-16-23/h6-14,26H,15-18H2,1-5H3/t26-/m1/s1. The van der Waals surface area contributed by atoms with Gasteiger partial charge in [-0.25, -0.2) is 0 Å². The number of ether oxygens (including phenoxy) is 1. The van der Waals surface area contributed by atoms with Crippen LogP contribution in [0.3, 0.4) is 0 Å². The molecule has 0 N–H and O–H groups in total. The second kappa shape index (κ2) is 8.31. The van der Waals surface area contributed by atoms with E-state index in [-0.39, 0.29) is 5.04 Å². The van der Waals surface area contributed by atoms with Crippen LogP contribution >= 0.6 is 0 Å². The maximum absolute atomic E-state index is 7.00. The van der Waals surface area contributed by atoms with Gasteiger partial charge in [-0.1, -0.05) is 63.2 Å². The molecule has 3 rings (SSSR count). The Kier molecular flexibility index (Phi) is 6.26. The van der Waals surface area contributed by atoms with Crippen molar-refractivity contribution in [2.45, 2.75) is 38.9 Å². The third-order valence-electron chi connectivity index (χ3n) is 5.24. The lowest BCUT2D eigenvalue weighted by atomic mass is 10.2. The number of hydrogen-bond donors (Lipinski definition) is 0. The Balaban J connectivity index is 1.83. The summed E-state index contributed by atoms with van der Waals surface area (Å²) in [7, 11) is -3.57. The van der Waals surface area contributed by atoms with Crippen molar-refractivity contribution in [1.29, 1.82) is 0 Å². The molecule has 0 aliphatic carbocycles. The predicted octanol–water partition coefficient (Wildman–Crippen LogP) is 3.38. The summed E-state index contributed by atoms with van der Waals surface area (Å²) >= 11 is 0. The topological polar surface area (TPSA) is 21.7 Å². The fourth-order valence-electron chi connectivity index (χ4n) is 3.63. The van der Waals surface area contributed by atoms with Crippen molar-refractivity contribution >= 4 is 33.4 Å². The van der Waals surface area contributed by atoms with Gasteiger partial charge in [-0.05, 0) is 40.6 Å². The second-order valence-corrected chi connectivity index (χ2v) is 16.6. The quantitative estimate of drug-likeness (QED) is 0.720. The minimum absolute atomic E-state index is 0.166. The van der Waals surface area contributed by atoms with Gasteiger partial charge in [0.2, 0.25) is 17.4 Å². The first-order chi connectivity index (χ1) is 12.8. The number of rotatable bonds is 5. The molecule has 0 unspecified atom stereocenters. The average molecular weight is 400 g/mol. The zero-order chi connectivity index (χ0) is 19.5. The lowest BCUT2D eigenvalue weighted by Crippen LogP contribution is -2.55. The Morgan fingerprint density at radius 1 is 0.926 bits per heavy atom. The molecule has 1 aliphatic rings. The number of benzene rings is 2. The summed E-state index contributed by atoms with van der Waals surface area (Å²) in [5.74, 6) is 0. The molecular weight excluding hydrogens is 366 g/mol. The lowest BCUT2D eigenvalue weighted by molar-refractivity contribution is 0.122. The van der Waals surface area contributed by atoms with Crippen molar-refractivity contribution in [2.24, 2.45) is 0 Å². The van der Waals surface area contributed by atoms with Gasteiger partial charge in [-0.3, -0.25) is 0 Å². The van der Waals surface area contributed by atoms with Crippen LogP contribution in [0, 0.1) is 0 Å². The number of nitrogens with zero attached hydrogens (tertiary/aromatic N) is 1. The molecule has 1 heterocycles. The van der Waals surface area contributed by atoms with Gasteiger partial charge < -0.3 is 13.8 Å². The van der Waals surface area contributed by atoms with E-state index in [1.54, 1.807) is 0 Å². The smallest absolute Gasteiger partial charge is 0.205 e. The second-order valence-electron chi connectivity index (χ2n) is 8.93. The third kappa shape index (κ3) is 5.10. The molecule has 1 fully saturated rings. The molecule has 0 spiro atoms. The maximum Gasteiger partial charge on any atom is 0.205 e. The van der Waals surface area contributed by atoms with Crippen LogP contribution in [0.15, 0.2) is 54.6 Å². The number of hydrogen-bond acceptors (Lipinski definition) is 3. The molecule has 2 aromatic rings. The first-order valence-electron chi connectivity index (χ1n) is 9.93. The molecule has 0 aromatic heterocycles. The van der Waals surface area contributed by atoms with Gasteiger partial charge in [-0.15, -0.1) is 0 Å². The molecule has 0 bridgehead atoms. The molecule has 0 saturated carbocycles. The molecule has 0 radical (unpaired) electrons. The van der Waals surface area contributed by atoms with Crippen molar-refractivity contribution in [3.63, 3.8) is 0 Å². The zero-order valence-corrected chi connectivity index (χ0v) is 19.5. The minimum Gasteiger partial charge on any atom is -0.450 e. The highest BCUT2D eigenvalue weighted by Crippen LogP contribution is 2.30. The van der Waals surface area contributed by atoms with Crippen LogP contribution < -0.4 is 15.3 Å². The van der Waals surface area contributed by atoms with E-state index in [1.807, 2.05) is 0 Å². The van der Waals surface area contributed by atoms with E-state index in [4.69, 9.17) is 8.85 Å². The summed E-state index contributed by atoms with van der Waals surface area (Å²) in [6.07, 6.45) is 0. The van der Waals surface area contributed by atoms with Crippen LogP contribution in [0.4, 0.5) is 5.69 Å². The third-order valence-corrected chi connectivity index (χ3v) is 12.8. The fourth-order valence-corrected chi connectivity index (χ4v) is 11.0. The number of morpholine rings is 1. The van der Waals surface area contributed by atoms with E-state index in [0.29, 0.717) is 0 Å². The van der Waals surface area contributed by atoms with Crippen LogP contribution in [0.2, 0.25) is 18.1 Å². The minimum atomic E-state index is -1.95. The van der Waals surface area contributed by atoms with Crippen molar-refractivity contribution < 1.29 is 8.85 Å². The van der Waals surface area contributed by atoms with Gasteiger partial charge >= 0.3 is 0 Å². The van der Waals surface area contributed by atoms with Gasteiger partial charge in [0.1, 0.15) is 0 Å². The van der Waals surface area contributed by atoms with Crippen molar-refractivity contribution in [1.82, 2.24) is 0 Å². The normalized spacial score (nSPS) is 17.0. The summed E-state index contributed by atoms with van der Waals surface area (Å²) < 4.78 is 12.5. The SMILES string of the molecule is CC(C)(C)[Si@H](O[Si](C)(C)c1ccccc1)c1ccc(N2CCOCC2)cc1. The van der Waals surface area contributed by atoms with E-state index in [1.165, 1.54) is 16.1 Å². The van der Waals surface area contributed by atoms with E-state index in [9.17, 15) is 0 Å². The van der Waals surface area contributed by atoms with E-state index >= 15 is 0 Å². The molecule has 1 aliphatic heterocycles. The molecule has 27 heavy (non-hydrogen) atoms. The zero-order valence-electron chi connectivity index (χ0n) is 17.4. The van der Waals surface area contributed by atoms with E-state index < -0.39 is 17.4 Å². The largest absolute Gasteiger partial charge is 0.450 e. The van der Waals surface area contributed by atoms with Crippen molar-refractivity contribution in [3.05, 3.63) is 54.6 Å². The van der Waals surface area contributed by atoms with Crippen LogP contribution in [-0.4, -0.2) is 43.7 Å². The first-order valence-corrected chi connectivity index (χ1v) is 14.5. The van der Waals surface area contributed by atoms with Gasteiger partial charge in [0, 0.05) is 18.8 Å². The molecule has 0 amide bonds. The maximum atomic E-state index is 7.00. The Bertz CT molecular complexity index is 720. The van der Waals surface area contributed by atoms with Crippen LogP contribution in [0.25, 0.3) is 0 Å². The van der Waals surface area contributed by atoms with Crippen molar-refractivity contribution in [2.75, 3.05) is 31.2 Å². The first kappa shape index (κ1) is 20.3. The molecule has 5 heteroatoms. The Morgan fingerprint density at radius 3 is 2.07 bits per heavy atom. The average Bonchev–Trinajstić information content (AvgIpc) is 2.67. The summed E-state index contributed by atoms with van der Waals surface area (Å²) in [4.78, 5) is 2.41. The Hall–Kier alpha value is -1.41. The monoisotopic (exact) mass is 399 g/mol. The van der Waals surface area contributed by atoms with Gasteiger partial charge in [0.15, 0.2) is 0 Å². The van der Waals surface area contributed by atoms with E-state index in [0.717, 1.165) is 26.3 Å². The fraction of sp³-hybridized carbons (Fsp3) is 0.455. The van der Waals surface area contributed by atoms with Crippen molar-refractivity contribution in [3.8, 4) is 0 Å².